The Labute approximate surface area is 117 Å². The minimum Gasteiger partial charge on any atom is -0.444 e. The van der Waals surface area contributed by atoms with Gasteiger partial charge in [0.1, 0.15) is 5.60 Å². The molecule has 0 saturated heterocycles. The van der Waals surface area contributed by atoms with Gasteiger partial charge in [-0.05, 0) is 27.0 Å². The van der Waals surface area contributed by atoms with E-state index < -0.39 is 11.7 Å². The highest BCUT2D eigenvalue weighted by Gasteiger charge is 2.15. The number of hydrogen-bond donors (Lipinski definition) is 2. The Balaban J connectivity index is 2.21. The molecule has 0 unspecified atom stereocenters. The summed E-state index contributed by atoms with van der Waals surface area (Å²) in [5, 5.41) is 6.51. The van der Waals surface area contributed by atoms with Gasteiger partial charge in [0, 0.05) is 13.1 Å². The first-order valence-electron chi connectivity index (χ1n) is 5.97. The lowest BCUT2D eigenvalue weighted by Crippen LogP contribution is -2.35. The fraction of sp³-hybridized carbons (Fsp3) is 0.583. The number of carbonyl (C=O) groups excluding carboxylic acids is 1. The number of anilines is 1. The lowest BCUT2D eigenvalue weighted by atomic mass is 10.2. The summed E-state index contributed by atoms with van der Waals surface area (Å²) in [5.41, 5.74) is 0.350. The molecule has 0 aliphatic heterocycles. The van der Waals surface area contributed by atoms with Crippen molar-refractivity contribution < 1.29 is 9.53 Å². The normalized spacial score (nSPS) is 10.9. The van der Waals surface area contributed by atoms with Crippen LogP contribution in [0.25, 0.3) is 0 Å². The highest BCUT2D eigenvalue weighted by atomic mass is 32.2. The zero-order valence-corrected chi connectivity index (χ0v) is 12.5. The second-order valence-electron chi connectivity index (χ2n) is 4.81. The molecule has 0 saturated carbocycles. The first-order valence-corrected chi connectivity index (χ1v) is 7.20. The van der Waals surface area contributed by atoms with Crippen LogP contribution in [0.5, 0.6) is 0 Å². The van der Waals surface area contributed by atoms with E-state index in [0.717, 1.165) is 10.8 Å². The first kappa shape index (κ1) is 15.6. The highest BCUT2D eigenvalue weighted by molar-refractivity contribution is 7.98. The van der Waals surface area contributed by atoms with E-state index in [-0.39, 0.29) is 0 Å². The molecule has 2 N–H and O–H groups in total. The van der Waals surface area contributed by atoms with Gasteiger partial charge in [-0.2, -0.15) is 0 Å². The number of carbonyl (C=O) groups is 1. The number of rotatable bonds is 5. The van der Waals surface area contributed by atoms with Gasteiger partial charge in [-0.3, -0.25) is 0 Å². The van der Waals surface area contributed by atoms with Gasteiger partial charge in [0.25, 0.3) is 0 Å². The third kappa shape index (κ3) is 6.85. The third-order valence-corrected chi connectivity index (χ3v) is 2.51. The number of nitrogens with one attached hydrogen (secondary N) is 2. The fourth-order valence-corrected chi connectivity index (χ4v) is 1.51. The summed E-state index contributed by atoms with van der Waals surface area (Å²) in [6.07, 6.45) is 4.94. The molecule has 106 valence electrons. The van der Waals surface area contributed by atoms with Crippen LogP contribution in [0.1, 0.15) is 20.8 Å². The van der Waals surface area contributed by atoms with E-state index in [1.165, 1.54) is 11.8 Å². The van der Waals surface area contributed by atoms with Crippen molar-refractivity contribution in [3.05, 3.63) is 12.4 Å². The summed E-state index contributed by atoms with van der Waals surface area (Å²) in [7, 11) is 0. The van der Waals surface area contributed by atoms with Crippen LogP contribution in [0.3, 0.4) is 0 Å². The van der Waals surface area contributed by atoms with Crippen LogP contribution >= 0.6 is 11.8 Å². The van der Waals surface area contributed by atoms with E-state index in [9.17, 15) is 4.79 Å². The topological polar surface area (TPSA) is 76.1 Å². The summed E-state index contributed by atoms with van der Waals surface area (Å²) < 4.78 is 5.11. The van der Waals surface area contributed by atoms with Gasteiger partial charge in [0.15, 0.2) is 5.16 Å². The van der Waals surface area contributed by atoms with Gasteiger partial charge >= 0.3 is 6.09 Å². The van der Waals surface area contributed by atoms with Crippen molar-refractivity contribution in [1.29, 1.82) is 0 Å². The monoisotopic (exact) mass is 284 g/mol. The molecule has 0 bridgehead atoms. The minimum absolute atomic E-state index is 0.414. The van der Waals surface area contributed by atoms with Crippen LogP contribution in [-0.2, 0) is 4.74 Å². The molecule has 0 spiro atoms. The maximum Gasteiger partial charge on any atom is 0.407 e. The Morgan fingerprint density at radius 3 is 2.47 bits per heavy atom. The summed E-state index contributed by atoms with van der Waals surface area (Å²) in [4.78, 5) is 19.6. The lowest BCUT2D eigenvalue weighted by Gasteiger charge is -2.19. The van der Waals surface area contributed by atoms with Gasteiger partial charge in [0.2, 0.25) is 0 Å². The van der Waals surface area contributed by atoms with Crippen LogP contribution in [0.4, 0.5) is 10.5 Å². The van der Waals surface area contributed by atoms with Crippen LogP contribution in [0.15, 0.2) is 17.6 Å². The highest BCUT2D eigenvalue weighted by Crippen LogP contribution is 2.09. The third-order valence-electron chi connectivity index (χ3n) is 1.93. The summed E-state index contributed by atoms with van der Waals surface area (Å²) in [6, 6.07) is 0. The first-order chi connectivity index (χ1) is 8.90. The van der Waals surface area contributed by atoms with Gasteiger partial charge in [-0.1, -0.05) is 11.8 Å². The molecule has 7 heteroatoms. The molecule has 0 aliphatic rings. The Bertz CT molecular complexity index is 403. The van der Waals surface area contributed by atoms with E-state index in [1.54, 1.807) is 12.4 Å². The molecule has 0 fully saturated rings. The van der Waals surface area contributed by atoms with E-state index in [0.29, 0.717) is 13.1 Å². The van der Waals surface area contributed by atoms with E-state index >= 15 is 0 Å². The predicted molar refractivity (Wildman–Crippen MR) is 76.5 cm³/mol. The van der Waals surface area contributed by atoms with Gasteiger partial charge < -0.3 is 15.4 Å². The van der Waals surface area contributed by atoms with Crippen molar-refractivity contribution in [3.8, 4) is 0 Å². The largest absolute Gasteiger partial charge is 0.444 e. The number of amides is 1. The molecule has 0 aromatic carbocycles. The zero-order valence-electron chi connectivity index (χ0n) is 11.7. The Morgan fingerprint density at radius 2 is 1.95 bits per heavy atom. The maximum absolute atomic E-state index is 11.4. The Hall–Kier alpha value is -1.50. The molecular formula is C12H20N4O2S. The Morgan fingerprint density at radius 1 is 1.32 bits per heavy atom. The summed E-state index contributed by atoms with van der Waals surface area (Å²) >= 11 is 1.49. The molecule has 1 heterocycles. The number of alkyl carbamates (subject to hydrolysis) is 1. The van der Waals surface area contributed by atoms with E-state index in [4.69, 9.17) is 4.74 Å². The zero-order chi connectivity index (χ0) is 14.3. The number of aromatic nitrogens is 2. The average molecular weight is 284 g/mol. The van der Waals surface area contributed by atoms with Crippen molar-refractivity contribution >= 4 is 23.5 Å². The van der Waals surface area contributed by atoms with Crippen molar-refractivity contribution in [2.75, 3.05) is 24.7 Å². The quantitative estimate of drug-likeness (QED) is 0.490. The van der Waals surface area contributed by atoms with Crippen LogP contribution in [0.2, 0.25) is 0 Å². The molecule has 1 rings (SSSR count). The molecule has 1 aromatic rings. The number of hydrogen-bond acceptors (Lipinski definition) is 6. The summed E-state index contributed by atoms with van der Waals surface area (Å²) in [5.74, 6) is 0. The van der Waals surface area contributed by atoms with Gasteiger partial charge in [-0.15, -0.1) is 0 Å². The number of ether oxygens (including phenoxy) is 1. The molecule has 0 atom stereocenters. The van der Waals surface area contributed by atoms with E-state index in [1.807, 2.05) is 27.0 Å². The van der Waals surface area contributed by atoms with Crippen molar-refractivity contribution in [3.63, 3.8) is 0 Å². The molecule has 1 aromatic heterocycles. The average Bonchev–Trinajstić information content (AvgIpc) is 2.33. The van der Waals surface area contributed by atoms with Crippen LogP contribution in [0, 0.1) is 0 Å². The maximum atomic E-state index is 11.4. The molecule has 19 heavy (non-hydrogen) atoms. The molecule has 6 nitrogen and oxygen atoms in total. The van der Waals surface area contributed by atoms with E-state index in [2.05, 4.69) is 20.6 Å². The molecule has 1 amide bonds. The van der Waals surface area contributed by atoms with Gasteiger partial charge in [-0.25, -0.2) is 14.8 Å². The van der Waals surface area contributed by atoms with Crippen LogP contribution in [-0.4, -0.2) is 41.0 Å². The van der Waals surface area contributed by atoms with Crippen molar-refractivity contribution in [2.24, 2.45) is 0 Å². The fourth-order valence-electron chi connectivity index (χ4n) is 1.20. The van der Waals surface area contributed by atoms with Crippen LogP contribution < -0.4 is 10.6 Å². The second kappa shape index (κ2) is 7.18. The van der Waals surface area contributed by atoms with Crippen molar-refractivity contribution in [1.82, 2.24) is 15.3 Å². The number of nitrogens with zero attached hydrogens (tertiary/aromatic N) is 2. The molecule has 0 radical (unpaired) electrons. The molecule has 0 aliphatic carbocycles. The second-order valence-corrected chi connectivity index (χ2v) is 5.59. The lowest BCUT2D eigenvalue weighted by molar-refractivity contribution is 0.0530. The van der Waals surface area contributed by atoms with Gasteiger partial charge in [0.05, 0.1) is 18.1 Å². The smallest absolute Gasteiger partial charge is 0.407 e. The number of thioether (sulfide) groups is 1. The minimum atomic E-state index is -0.473. The summed E-state index contributed by atoms with van der Waals surface area (Å²) in [6.45, 7) is 6.54. The molecular weight excluding hydrogens is 264 g/mol. The predicted octanol–water partition coefficient (Wildman–Crippen LogP) is 2.14. The standard InChI is InChI=1S/C12H20N4O2S/c1-12(2,3)18-11(17)14-6-5-13-9-7-15-10(19-4)16-8-9/h7-8,13H,5-6H2,1-4H3,(H,14,17). The SMILES string of the molecule is CSc1ncc(NCCNC(=O)OC(C)(C)C)cn1. The van der Waals surface area contributed by atoms with Crippen molar-refractivity contribution in [2.45, 2.75) is 31.5 Å². The Kier molecular flexibility index (Phi) is 5.88.